The number of hydrogen-bond donors (Lipinski definition) is 3. The summed E-state index contributed by atoms with van der Waals surface area (Å²) in [6.45, 7) is 0.296. The van der Waals surface area contributed by atoms with Crippen molar-refractivity contribution in [3.8, 4) is 0 Å². The fourth-order valence-corrected chi connectivity index (χ4v) is 5.65. The van der Waals surface area contributed by atoms with Crippen LogP contribution < -0.4 is 21.0 Å². The van der Waals surface area contributed by atoms with Gasteiger partial charge in [0, 0.05) is 11.3 Å². The summed E-state index contributed by atoms with van der Waals surface area (Å²) in [7, 11) is 2.02. The van der Waals surface area contributed by atoms with E-state index in [1.54, 1.807) is 17.0 Å². The third-order valence-corrected chi connectivity index (χ3v) is 7.92. The zero-order valence-corrected chi connectivity index (χ0v) is 23.2. The zero-order valence-electron chi connectivity index (χ0n) is 22.4. The molecule has 0 saturated heterocycles. The molecule has 5 aromatic rings. The van der Waals surface area contributed by atoms with Crippen LogP contribution >= 0.6 is 11.3 Å². The Bertz CT molecular complexity index is 1720. The second-order valence-electron chi connectivity index (χ2n) is 9.91. The fourth-order valence-electron chi connectivity index (χ4n) is 4.82. The number of benzene rings is 3. The SMILES string of the molecule is Bc1ccc2sc(NC(=O)N(Cc3ccc(C(=O)Nc4nn[nH]n4)cc3)c3ccc(C4=CCCCC4)cc3)nc2c1. The van der Waals surface area contributed by atoms with Crippen molar-refractivity contribution in [2.24, 2.45) is 0 Å². The molecular formula is C29H27BN8O2S. The van der Waals surface area contributed by atoms with Crippen LogP contribution in [0.15, 0.2) is 72.8 Å². The van der Waals surface area contributed by atoms with Crippen LogP contribution in [0.2, 0.25) is 0 Å². The Morgan fingerprint density at radius 3 is 2.56 bits per heavy atom. The van der Waals surface area contributed by atoms with Gasteiger partial charge in [-0.3, -0.25) is 20.3 Å². The van der Waals surface area contributed by atoms with Gasteiger partial charge in [0.1, 0.15) is 7.85 Å². The van der Waals surface area contributed by atoms with Crippen molar-refractivity contribution in [2.75, 3.05) is 15.5 Å². The number of carbonyl (C=O) groups excluding carboxylic acids is 2. The molecule has 0 spiro atoms. The lowest BCUT2D eigenvalue weighted by Crippen LogP contribution is -2.34. The first-order chi connectivity index (χ1) is 20.0. The van der Waals surface area contributed by atoms with Gasteiger partial charge < -0.3 is 0 Å². The van der Waals surface area contributed by atoms with E-state index in [9.17, 15) is 9.59 Å². The van der Waals surface area contributed by atoms with Crippen LogP contribution in [-0.4, -0.2) is 45.4 Å². The second kappa shape index (κ2) is 11.7. The Balaban J connectivity index is 1.24. The van der Waals surface area contributed by atoms with Crippen molar-refractivity contribution >= 4 is 69.1 Å². The van der Waals surface area contributed by atoms with Crippen molar-refractivity contribution in [1.29, 1.82) is 0 Å². The smallest absolute Gasteiger partial charge is 0.290 e. The van der Waals surface area contributed by atoms with Gasteiger partial charge in [0.15, 0.2) is 5.13 Å². The second-order valence-corrected chi connectivity index (χ2v) is 10.9. The number of carbonyl (C=O) groups is 2. The van der Waals surface area contributed by atoms with E-state index in [4.69, 9.17) is 0 Å². The molecule has 0 radical (unpaired) electrons. The Morgan fingerprint density at radius 2 is 1.83 bits per heavy atom. The Kier molecular flexibility index (Phi) is 7.55. The summed E-state index contributed by atoms with van der Waals surface area (Å²) in [6.07, 6.45) is 6.93. The van der Waals surface area contributed by atoms with Crippen molar-refractivity contribution in [3.63, 3.8) is 0 Å². The standard InChI is InChI=1S/C29H27BN8O2S/c30-22-12-15-25-24(16-22)31-28(41-25)33-29(40)38(23-13-10-20(11-14-23)19-4-2-1-3-5-19)17-18-6-8-21(9-7-18)26(39)32-27-34-36-37-35-27/h4,6-16H,1-3,5,17,30H2,(H,31,33,40)(H2,32,34,35,36,37,39). The molecule has 3 aromatic carbocycles. The van der Waals surface area contributed by atoms with E-state index in [-0.39, 0.29) is 17.9 Å². The number of aromatic nitrogens is 5. The first-order valence-corrected chi connectivity index (χ1v) is 14.2. The molecule has 12 heteroatoms. The van der Waals surface area contributed by atoms with Gasteiger partial charge in [-0.05, 0) is 84.0 Å². The van der Waals surface area contributed by atoms with E-state index in [2.05, 4.69) is 54.5 Å². The normalized spacial score (nSPS) is 13.0. The maximum Gasteiger partial charge on any atom is 0.328 e. The average molecular weight is 562 g/mol. The highest BCUT2D eigenvalue weighted by Crippen LogP contribution is 2.30. The minimum Gasteiger partial charge on any atom is -0.290 e. The van der Waals surface area contributed by atoms with E-state index < -0.39 is 0 Å². The number of fused-ring (bicyclic) bond motifs is 1. The van der Waals surface area contributed by atoms with Crippen LogP contribution in [0.3, 0.4) is 0 Å². The maximum absolute atomic E-state index is 13.7. The number of anilines is 3. The van der Waals surface area contributed by atoms with E-state index in [0.717, 1.165) is 39.8 Å². The summed E-state index contributed by atoms with van der Waals surface area (Å²) in [5, 5.41) is 19.3. The van der Waals surface area contributed by atoms with Gasteiger partial charge in [-0.15, -0.1) is 5.10 Å². The number of hydrogen-bond acceptors (Lipinski definition) is 7. The minimum atomic E-state index is -0.355. The van der Waals surface area contributed by atoms with E-state index in [1.165, 1.54) is 35.3 Å². The third kappa shape index (κ3) is 6.17. The highest BCUT2D eigenvalue weighted by atomic mass is 32.1. The van der Waals surface area contributed by atoms with Crippen molar-refractivity contribution in [2.45, 2.75) is 32.2 Å². The molecule has 0 aliphatic heterocycles. The molecule has 3 amide bonds. The molecule has 0 atom stereocenters. The number of urea groups is 1. The predicted octanol–water partition coefficient (Wildman–Crippen LogP) is 4.52. The molecular weight excluding hydrogens is 535 g/mol. The Labute approximate surface area is 241 Å². The predicted molar refractivity (Wildman–Crippen MR) is 164 cm³/mol. The van der Waals surface area contributed by atoms with Crippen LogP contribution in [0, 0.1) is 0 Å². The summed E-state index contributed by atoms with van der Waals surface area (Å²) in [5.74, 6) is -0.259. The van der Waals surface area contributed by atoms with Gasteiger partial charge in [-0.2, -0.15) is 5.21 Å². The molecule has 3 N–H and O–H groups in total. The van der Waals surface area contributed by atoms with E-state index in [0.29, 0.717) is 17.2 Å². The fraction of sp³-hybridized carbons (Fsp3) is 0.172. The van der Waals surface area contributed by atoms with Gasteiger partial charge in [0.2, 0.25) is 0 Å². The molecule has 41 heavy (non-hydrogen) atoms. The summed E-state index contributed by atoms with van der Waals surface area (Å²) in [4.78, 5) is 32.5. The largest absolute Gasteiger partial charge is 0.328 e. The van der Waals surface area contributed by atoms with E-state index in [1.807, 2.05) is 50.3 Å². The molecule has 1 aliphatic carbocycles. The summed E-state index contributed by atoms with van der Waals surface area (Å²) < 4.78 is 1.01. The molecule has 0 unspecified atom stereocenters. The average Bonchev–Trinajstić information content (AvgIpc) is 3.66. The summed E-state index contributed by atoms with van der Waals surface area (Å²) in [5.41, 5.74) is 6.57. The first kappa shape index (κ1) is 26.4. The number of nitrogens with one attached hydrogen (secondary N) is 3. The minimum absolute atomic E-state index is 0.0966. The number of H-pyrrole nitrogens is 1. The molecule has 6 rings (SSSR count). The quantitative estimate of drug-likeness (QED) is 0.250. The zero-order chi connectivity index (χ0) is 28.2. The van der Waals surface area contributed by atoms with Crippen LogP contribution in [-0.2, 0) is 6.54 Å². The topological polar surface area (TPSA) is 129 Å². The highest BCUT2D eigenvalue weighted by Gasteiger charge is 2.19. The Morgan fingerprint density at radius 1 is 1.00 bits per heavy atom. The lowest BCUT2D eigenvalue weighted by molar-refractivity contribution is 0.102. The number of tetrazole rings is 1. The number of thiazole rings is 1. The first-order valence-electron chi connectivity index (χ1n) is 13.4. The third-order valence-electron chi connectivity index (χ3n) is 6.97. The maximum atomic E-state index is 13.7. The molecule has 0 fully saturated rings. The molecule has 10 nitrogen and oxygen atoms in total. The van der Waals surface area contributed by atoms with Gasteiger partial charge in [0.05, 0.1) is 16.8 Å². The molecule has 2 aromatic heterocycles. The van der Waals surface area contributed by atoms with Gasteiger partial charge in [-0.1, -0.05) is 58.3 Å². The van der Waals surface area contributed by atoms with Crippen LogP contribution in [0.25, 0.3) is 15.8 Å². The van der Waals surface area contributed by atoms with Gasteiger partial charge in [-0.25, -0.2) is 9.78 Å². The summed E-state index contributed by atoms with van der Waals surface area (Å²) >= 11 is 1.44. The number of amides is 3. The summed E-state index contributed by atoms with van der Waals surface area (Å²) in [6, 6.07) is 21.0. The molecule has 1 aliphatic rings. The van der Waals surface area contributed by atoms with Crippen LogP contribution in [0.5, 0.6) is 0 Å². The monoisotopic (exact) mass is 562 g/mol. The van der Waals surface area contributed by atoms with Crippen molar-refractivity contribution < 1.29 is 9.59 Å². The van der Waals surface area contributed by atoms with Gasteiger partial charge >= 0.3 is 6.03 Å². The molecule has 204 valence electrons. The molecule has 0 saturated carbocycles. The van der Waals surface area contributed by atoms with E-state index >= 15 is 0 Å². The number of nitrogens with zero attached hydrogens (tertiary/aromatic N) is 5. The number of aromatic amines is 1. The Hall–Kier alpha value is -4.84. The number of rotatable bonds is 7. The van der Waals surface area contributed by atoms with Crippen LogP contribution in [0.4, 0.5) is 21.6 Å². The van der Waals surface area contributed by atoms with Gasteiger partial charge in [0.25, 0.3) is 11.9 Å². The lowest BCUT2D eigenvalue weighted by atomic mass is 9.93. The lowest BCUT2D eigenvalue weighted by Gasteiger charge is -2.23. The van der Waals surface area contributed by atoms with Crippen molar-refractivity contribution in [3.05, 3.63) is 89.5 Å². The molecule has 2 heterocycles. The van der Waals surface area contributed by atoms with Crippen molar-refractivity contribution in [1.82, 2.24) is 25.6 Å². The molecule has 0 bridgehead atoms. The number of allylic oxidation sites excluding steroid dienone is 2. The highest BCUT2D eigenvalue weighted by molar-refractivity contribution is 7.22. The van der Waals surface area contributed by atoms with Crippen LogP contribution in [0.1, 0.15) is 47.2 Å².